The molecule has 0 saturated carbocycles. The molecule has 0 unspecified atom stereocenters. The highest BCUT2D eigenvalue weighted by Gasteiger charge is 2.24. The Morgan fingerprint density at radius 3 is 2.08 bits per heavy atom. The van der Waals surface area contributed by atoms with Crippen LogP contribution in [0.1, 0.15) is 37.5 Å². The van der Waals surface area contributed by atoms with E-state index in [0.29, 0.717) is 26.2 Å². The maximum Gasteiger partial charge on any atom is 0.335 e. The summed E-state index contributed by atoms with van der Waals surface area (Å²) in [4.78, 5) is 0. The maximum absolute atomic E-state index is 12.7. The van der Waals surface area contributed by atoms with E-state index in [0.717, 1.165) is 22.4 Å². The Bertz CT molecular complexity index is 732. The largest absolute Gasteiger partial charge is 0.508 e. The van der Waals surface area contributed by atoms with E-state index < -0.39 is 7.60 Å². The van der Waals surface area contributed by atoms with Crippen LogP contribution in [0.2, 0.25) is 0 Å². The van der Waals surface area contributed by atoms with Crippen molar-refractivity contribution in [2.45, 2.75) is 33.4 Å². The summed E-state index contributed by atoms with van der Waals surface area (Å²) in [6, 6.07) is 13.0. The van der Waals surface area contributed by atoms with Gasteiger partial charge in [0.2, 0.25) is 0 Å². The van der Waals surface area contributed by atoms with Gasteiger partial charge in [-0.15, -0.1) is 0 Å². The quantitative estimate of drug-likeness (QED) is 0.580. The Morgan fingerprint density at radius 1 is 0.885 bits per heavy atom. The minimum absolute atomic E-state index is 0.186. The Kier molecular flexibility index (Phi) is 7.70. The van der Waals surface area contributed by atoms with E-state index in [1.54, 1.807) is 26.0 Å². The lowest BCUT2D eigenvalue weighted by Gasteiger charge is -2.17. The smallest absolute Gasteiger partial charge is 0.335 e. The second-order valence-corrected chi connectivity index (χ2v) is 7.88. The van der Waals surface area contributed by atoms with Gasteiger partial charge < -0.3 is 18.9 Å². The fourth-order valence-corrected chi connectivity index (χ4v) is 4.40. The molecular weight excluding hydrogens is 351 g/mol. The minimum atomic E-state index is -3.17. The summed E-state index contributed by atoms with van der Waals surface area (Å²) >= 11 is 0. The number of phenolic OH excluding ortho intramolecular Hbond substituents is 1. The van der Waals surface area contributed by atoms with Crippen molar-refractivity contribution in [3.8, 4) is 11.5 Å². The zero-order valence-electron chi connectivity index (χ0n) is 15.6. The van der Waals surface area contributed by atoms with Gasteiger partial charge in [-0.3, -0.25) is 4.57 Å². The molecule has 0 saturated heterocycles. The van der Waals surface area contributed by atoms with E-state index >= 15 is 0 Å². The Morgan fingerprint density at radius 2 is 1.50 bits per heavy atom. The zero-order chi connectivity index (χ0) is 19.0. The lowest BCUT2D eigenvalue weighted by Crippen LogP contribution is -2.00. The van der Waals surface area contributed by atoms with Crippen molar-refractivity contribution in [2.75, 3.05) is 19.8 Å². The summed E-state index contributed by atoms with van der Waals surface area (Å²) in [5.74, 6) is 1.04. The highest BCUT2D eigenvalue weighted by molar-refractivity contribution is 7.53. The molecule has 142 valence electrons. The van der Waals surface area contributed by atoms with E-state index in [1.165, 1.54) is 0 Å². The van der Waals surface area contributed by atoms with Crippen LogP contribution in [0, 0.1) is 0 Å². The molecule has 2 aromatic rings. The number of benzene rings is 2. The maximum atomic E-state index is 12.7. The standard InChI is InChI=1S/C20H27O5P/c1-4-23-19-10-7-16(8-11-19)13-18-14-17(9-12-20(18)21)15-26(22,24-5-2)25-6-3/h7-12,14,21H,4-6,13,15H2,1-3H3. The van der Waals surface area contributed by atoms with Gasteiger partial charge in [0.05, 0.1) is 26.0 Å². The van der Waals surface area contributed by atoms with Gasteiger partial charge in [0.1, 0.15) is 11.5 Å². The summed E-state index contributed by atoms with van der Waals surface area (Å²) in [5.41, 5.74) is 2.64. The fourth-order valence-electron chi connectivity index (χ4n) is 2.71. The Balaban J connectivity index is 2.17. The molecule has 6 heteroatoms. The molecule has 0 fully saturated rings. The summed E-state index contributed by atoms with van der Waals surface area (Å²) in [5, 5.41) is 10.2. The number of hydrogen-bond acceptors (Lipinski definition) is 5. The number of aromatic hydroxyl groups is 1. The highest BCUT2D eigenvalue weighted by atomic mass is 31.2. The van der Waals surface area contributed by atoms with Crippen molar-refractivity contribution in [3.05, 3.63) is 59.2 Å². The third kappa shape index (κ3) is 5.87. The first-order valence-corrected chi connectivity index (χ1v) is 10.6. The van der Waals surface area contributed by atoms with Crippen LogP contribution >= 0.6 is 7.60 Å². The lowest BCUT2D eigenvalue weighted by molar-refractivity contribution is 0.219. The van der Waals surface area contributed by atoms with Gasteiger partial charge in [0.15, 0.2) is 0 Å². The first-order valence-electron chi connectivity index (χ1n) is 8.90. The average molecular weight is 378 g/mol. The van der Waals surface area contributed by atoms with Crippen LogP contribution in [0.5, 0.6) is 11.5 Å². The van der Waals surface area contributed by atoms with Gasteiger partial charge >= 0.3 is 7.60 Å². The van der Waals surface area contributed by atoms with Crippen molar-refractivity contribution >= 4 is 7.60 Å². The summed E-state index contributed by atoms with van der Waals surface area (Å²) in [6.45, 7) is 6.81. The molecule has 0 aliphatic heterocycles. The summed E-state index contributed by atoms with van der Waals surface area (Å²) in [7, 11) is -3.17. The number of ether oxygens (including phenoxy) is 1. The van der Waals surface area contributed by atoms with E-state index in [-0.39, 0.29) is 11.9 Å². The number of hydrogen-bond donors (Lipinski definition) is 1. The number of rotatable bonds is 10. The minimum Gasteiger partial charge on any atom is -0.508 e. The molecule has 0 amide bonds. The molecule has 0 bridgehead atoms. The Hall–Kier alpha value is -1.81. The van der Waals surface area contributed by atoms with E-state index in [9.17, 15) is 9.67 Å². The molecule has 1 N–H and O–H groups in total. The van der Waals surface area contributed by atoms with Gasteiger partial charge in [-0.25, -0.2) is 0 Å². The molecule has 0 aromatic heterocycles. The van der Waals surface area contributed by atoms with Crippen molar-refractivity contribution in [1.29, 1.82) is 0 Å². The SMILES string of the molecule is CCOc1ccc(Cc2cc(CP(=O)(OCC)OCC)ccc2O)cc1. The molecule has 0 atom stereocenters. The summed E-state index contributed by atoms with van der Waals surface area (Å²) < 4.78 is 28.9. The molecular formula is C20H27O5P. The molecule has 2 rings (SSSR count). The highest BCUT2D eigenvalue weighted by Crippen LogP contribution is 2.51. The number of phenols is 1. The van der Waals surface area contributed by atoms with Crippen LogP contribution in [-0.2, 0) is 26.2 Å². The van der Waals surface area contributed by atoms with Gasteiger partial charge in [-0.1, -0.05) is 24.3 Å². The second-order valence-electron chi connectivity index (χ2n) is 5.82. The van der Waals surface area contributed by atoms with Crippen LogP contribution < -0.4 is 4.74 Å². The van der Waals surface area contributed by atoms with Crippen LogP contribution in [0.3, 0.4) is 0 Å². The van der Waals surface area contributed by atoms with Crippen LogP contribution in [0.4, 0.5) is 0 Å². The molecule has 0 aliphatic rings. The normalized spacial score (nSPS) is 11.5. The zero-order valence-corrected chi connectivity index (χ0v) is 16.5. The predicted octanol–water partition coefficient (Wildman–Crippen LogP) is 5.15. The van der Waals surface area contributed by atoms with Gasteiger partial charge in [-0.05, 0) is 55.7 Å². The van der Waals surface area contributed by atoms with Gasteiger partial charge in [-0.2, -0.15) is 0 Å². The monoisotopic (exact) mass is 378 g/mol. The first kappa shape index (κ1) is 20.5. The molecule has 2 aromatic carbocycles. The molecule has 0 spiro atoms. The predicted molar refractivity (Wildman–Crippen MR) is 103 cm³/mol. The fraction of sp³-hybridized carbons (Fsp3) is 0.400. The van der Waals surface area contributed by atoms with E-state index in [4.69, 9.17) is 13.8 Å². The van der Waals surface area contributed by atoms with Crippen molar-refractivity contribution in [3.63, 3.8) is 0 Å². The van der Waals surface area contributed by atoms with Gasteiger partial charge in [0.25, 0.3) is 0 Å². The average Bonchev–Trinajstić information content (AvgIpc) is 2.60. The van der Waals surface area contributed by atoms with Crippen molar-refractivity contribution in [1.82, 2.24) is 0 Å². The molecule has 0 heterocycles. The summed E-state index contributed by atoms with van der Waals surface area (Å²) in [6.07, 6.45) is 0.755. The molecule has 0 aliphatic carbocycles. The topological polar surface area (TPSA) is 65.0 Å². The Labute approximate surface area is 155 Å². The van der Waals surface area contributed by atoms with Crippen LogP contribution in [-0.4, -0.2) is 24.9 Å². The van der Waals surface area contributed by atoms with Crippen LogP contribution in [0.25, 0.3) is 0 Å². The second kappa shape index (κ2) is 9.77. The third-order valence-electron chi connectivity index (χ3n) is 3.80. The molecule has 5 nitrogen and oxygen atoms in total. The molecule has 0 radical (unpaired) electrons. The lowest BCUT2D eigenvalue weighted by atomic mass is 10.0. The van der Waals surface area contributed by atoms with Crippen molar-refractivity contribution < 1.29 is 23.5 Å². The molecule has 26 heavy (non-hydrogen) atoms. The third-order valence-corrected chi connectivity index (χ3v) is 5.86. The van der Waals surface area contributed by atoms with Crippen molar-refractivity contribution in [2.24, 2.45) is 0 Å². The van der Waals surface area contributed by atoms with Gasteiger partial charge in [0, 0.05) is 6.42 Å². The van der Waals surface area contributed by atoms with E-state index in [2.05, 4.69) is 0 Å². The van der Waals surface area contributed by atoms with Crippen LogP contribution in [0.15, 0.2) is 42.5 Å². The first-order chi connectivity index (χ1) is 12.5. The van der Waals surface area contributed by atoms with E-state index in [1.807, 2.05) is 37.3 Å².